The van der Waals surface area contributed by atoms with Gasteiger partial charge in [-0.15, -0.1) is 0 Å². The summed E-state index contributed by atoms with van der Waals surface area (Å²) in [5.41, 5.74) is -0.621. The number of nitrogens with one attached hydrogen (secondary N) is 1. The van der Waals surface area contributed by atoms with Gasteiger partial charge in [0.05, 0.1) is 22.7 Å². The summed E-state index contributed by atoms with van der Waals surface area (Å²) in [4.78, 5) is 33.2. The van der Waals surface area contributed by atoms with Crippen molar-refractivity contribution >= 4 is 40.6 Å². The van der Waals surface area contributed by atoms with Crippen LogP contribution in [0.5, 0.6) is 0 Å². The lowest BCUT2D eigenvalue weighted by atomic mass is 10.1. The minimum Gasteiger partial charge on any atom is -0.326 e. The van der Waals surface area contributed by atoms with E-state index >= 15 is 0 Å². The van der Waals surface area contributed by atoms with Crippen LogP contribution in [-0.2, 0) is 22.2 Å². The SMILES string of the molecule is CC(=O)N(c1ccnc(F)c1)c1cc(NC(=O)Cc2cccc(C(F)(F)F)c2Cl)ccn1. The average molecular weight is 467 g/mol. The fraction of sp³-hybridized carbons (Fsp3) is 0.143. The van der Waals surface area contributed by atoms with Gasteiger partial charge in [-0.05, 0) is 23.8 Å². The van der Waals surface area contributed by atoms with Gasteiger partial charge >= 0.3 is 6.18 Å². The summed E-state index contributed by atoms with van der Waals surface area (Å²) in [6.45, 7) is 1.25. The average Bonchev–Trinajstić information content (AvgIpc) is 2.69. The van der Waals surface area contributed by atoms with Crippen LogP contribution in [0, 0.1) is 5.95 Å². The summed E-state index contributed by atoms with van der Waals surface area (Å²) in [6.07, 6.45) is -2.56. The predicted molar refractivity (Wildman–Crippen MR) is 110 cm³/mol. The molecule has 0 atom stereocenters. The number of halogens is 5. The molecule has 11 heteroatoms. The number of carbonyl (C=O) groups is 2. The third-order valence-electron chi connectivity index (χ3n) is 4.28. The van der Waals surface area contributed by atoms with Gasteiger partial charge in [-0.25, -0.2) is 9.97 Å². The molecule has 0 saturated heterocycles. The number of alkyl halides is 3. The molecule has 0 bridgehead atoms. The van der Waals surface area contributed by atoms with Crippen molar-refractivity contribution < 1.29 is 27.2 Å². The zero-order chi connectivity index (χ0) is 23.5. The molecule has 2 aromatic heterocycles. The van der Waals surface area contributed by atoms with Gasteiger partial charge in [0.15, 0.2) is 0 Å². The Morgan fingerprint density at radius 2 is 1.81 bits per heavy atom. The molecule has 0 radical (unpaired) electrons. The van der Waals surface area contributed by atoms with Crippen molar-refractivity contribution in [2.24, 2.45) is 0 Å². The number of aromatic nitrogens is 2. The highest BCUT2D eigenvalue weighted by Gasteiger charge is 2.34. The van der Waals surface area contributed by atoms with Gasteiger partial charge in [-0.1, -0.05) is 23.7 Å². The number of anilines is 3. The van der Waals surface area contributed by atoms with Gasteiger partial charge in [0.1, 0.15) is 5.82 Å². The molecule has 0 aliphatic rings. The van der Waals surface area contributed by atoms with E-state index in [1.807, 2.05) is 0 Å². The quantitative estimate of drug-likeness (QED) is 0.416. The molecule has 0 fully saturated rings. The molecule has 0 unspecified atom stereocenters. The molecule has 0 spiro atoms. The minimum absolute atomic E-state index is 0.00546. The van der Waals surface area contributed by atoms with Crippen molar-refractivity contribution in [1.29, 1.82) is 0 Å². The second-order valence-corrected chi connectivity index (χ2v) is 6.97. The Balaban J connectivity index is 1.82. The van der Waals surface area contributed by atoms with Gasteiger partial charge < -0.3 is 5.32 Å². The van der Waals surface area contributed by atoms with Gasteiger partial charge in [-0.2, -0.15) is 17.6 Å². The molecule has 0 aliphatic heterocycles. The van der Waals surface area contributed by atoms with Gasteiger partial charge in [0.2, 0.25) is 17.8 Å². The molecular formula is C21H15ClF4N4O2. The summed E-state index contributed by atoms with van der Waals surface area (Å²) < 4.78 is 52.5. The molecule has 3 aromatic rings. The number of benzene rings is 1. The van der Waals surface area contributed by atoms with Crippen molar-refractivity contribution in [1.82, 2.24) is 9.97 Å². The van der Waals surface area contributed by atoms with Crippen LogP contribution in [0.1, 0.15) is 18.1 Å². The third-order valence-corrected chi connectivity index (χ3v) is 4.72. The largest absolute Gasteiger partial charge is 0.417 e. The van der Waals surface area contributed by atoms with E-state index in [4.69, 9.17) is 11.6 Å². The summed E-state index contributed by atoms with van der Waals surface area (Å²) in [7, 11) is 0. The maximum absolute atomic E-state index is 13.5. The molecule has 2 amide bonds. The summed E-state index contributed by atoms with van der Waals surface area (Å²) in [5.74, 6) is -1.80. The molecular weight excluding hydrogens is 452 g/mol. The highest BCUT2D eigenvalue weighted by molar-refractivity contribution is 6.32. The second-order valence-electron chi connectivity index (χ2n) is 6.60. The number of carbonyl (C=O) groups excluding carboxylic acids is 2. The van der Waals surface area contributed by atoms with Crippen LogP contribution < -0.4 is 10.2 Å². The summed E-state index contributed by atoms with van der Waals surface area (Å²) in [5, 5.41) is 1.98. The fourth-order valence-electron chi connectivity index (χ4n) is 2.94. The van der Waals surface area contributed by atoms with Crippen LogP contribution in [0.4, 0.5) is 34.8 Å². The summed E-state index contributed by atoms with van der Waals surface area (Å²) in [6, 6.07) is 8.57. The van der Waals surface area contributed by atoms with Crippen LogP contribution in [0.25, 0.3) is 0 Å². The molecule has 3 rings (SSSR count). The first-order valence-corrected chi connectivity index (χ1v) is 9.47. The molecule has 32 heavy (non-hydrogen) atoms. The van der Waals surface area contributed by atoms with Crippen LogP contribution >= 0.6 is 11.6 Å². The van der Waals surface area contributed by atoms with E-state index in [2.05, 4.69) is 15.3 Å². The van der Waals surface area contributed by atoms with Crippen LogP contribution in [-0.4, -0.2) is 21.8 Å². The molecule has 0 aliphatic carbocycles. The topological polar surface area (TPSA) is 75.2 Å². The lowest BCUT2D eigenvalue weighted by Gasteiger charge is -2.20. The zero-order valence-corrected chi connectivity index (χ0v) is 17.2. The van der Waals surface area contributed by atoms with E-state index in [0.717, 1.165) is 17.0 Å². The van der Waals surface area contributed by atoms with Crippen LogP contribution in [0.3, 0.4) is 0 Å². The number of amides is 2. The normalized spacial score (nSPS) is 11.2. The molecule has 1 aromatic carbocycles. The maximum Gasteiger partial charge on any atom is 0.417 e. The highest BCUT2D eigenvalue weighted by atomic mass is 35.5. The molecule has 2 heterocycles. The third kappa shape index (κ3) is 5.38. The van der Waals surface area contributed by atoms with Crippen LogP contribution in [0.2, 0.25) is 5.02 Å². The zero-order valence-electron chi connectivity index (χ0n) is 16.5. The lowest BCUT2D eigenvalue weighted by Crippen LogP contribution is -2.24. The Bertz CT molecular complexity index is 1170. The number of rotatable bonds is 5. The first-order chi connectivity index (χ1) is 15.1. The number of pyridine rings is 2. The Labute approximate surface area is 184 Å². The van der Waals surface area contributed by atoms with Gasteiger partial charge in [0, 0.05) is 37.1 Å². The number of nitrogens with zero attached hydrogens (tertiary/aromatic N) is 3. The predicted octanol–water partition coefficient (Wildman–Crippen LogP) is 5.15. The Morgan fingerprint density at radius 1 is 1.09 bits per heavy atom. The minimum atomic E-state index is -4.65. The van der Waals surface area contributed by atoms with Crippen molar-refractivity contribution in [2.75, 3.05) is 10.2 Å². The Kier molecular flexibility index (Phi) is 6.73. The number of hydrogen-bond acceptors (Lipinski definition) is 4. The van der Waals surface area contributed by atoms with Crippen molar-refractivity contribution in [3.63, 3.8) is 0 Å². The molecule has 0 saturated carbocycles. The van der Waals surface area contributed by atoms with E-state index < -0.39 is 40.9 Å². The van der Waals surface area contributed by atoms with Crippen molar-refractivity contribution in [3.8, 4) is 0 Å². The number of hydrogen-bond donors (Lipinski definition) is 1. The van der Waals surface area contributed by atoms with Gasteiger partial charge in [0.25, 0.3) is 0 Å². The van der Waals surface area contributed by atoms with Gasteiger partial charge in [-0.3, -0.25) is 14.5 Å². The monoisotopic (exact) mass is 466 g/mol. The Hall–Kier alpha value is -3.53. The van der Waals surface area contributed by atoms with Crippen molar-refractivity contribution in [3.05, 3.63) is 77.0 Å². The first-order valence-electron chi connectivity index (χ1n) is 9.09. The maximum atomic E-state index is 13.5. The van der Waals surface area contributed by atoms with E-state index in [1.165, 1.54) is 49.6 Å². The summed E-state index contributed by atoms with van der Waals surface area (Å²) >= 11 is 5.83. The van der Waals surface area contributed by atoms with E-state index in [1.54, 1.807) is 0 Å². The van der Waals surface area contributed by atoms with E-state index in [0.29, 0.717) is 0 Å². The molecule has 6 nitrogen and oxygen atoms in total. The first kappa shape index (κ1) is 23.1. The second kappa shape index (κ2) is 9.31. The highest BCUT2D eigenvalue weighted by Crippen LogP contribution is 2.36. The van der Waals surface area contributed by atoms with Crippen LogP contribution in [0.15, 0.2) is 54.9 Å². The van der Waals surface area contributed by atoms with E-state index in [9.17, 15) is 27.2 Å². The fourth-order valence-corrected chi connectivity index (χ4v) is 3.24. The van der Waals surface area contributed by atoms with Crippen molar-refractivity contribution in [2.45, 2.75) is 19.5 Å². The molecule has 166 valence electrons. The lowest BCUT2D eigenvalue weighted by molar-refractivity contribution is -0.137. The smallest absolute Gasteiger partial charge is 0.326 e. The van der Waals surface area contributed by atoms with E-state index in [-0.39, 0.29) is 22.8 Å². The standard InChI is InChI=1S/C21H15ClF4N4O2/c1-12(31)30(15-6-8-27-17(23)11-15)18-10-14(5-7-28-18)29-19(32)9-13-3-2-4-16(20(13)22)21(24,25)26/h2-8,10-11H,9H2,1H3,(H,28,29,32). The molecule has 1 N–H and O–H groups in total. The Morgan fingerprint density at radius 3 is 2.47 bits per heavy atom.